The van der Waals surface area contributed by atoms with E-state index in [1.54, 1.807) is 36.4 Å². The Morgan fingerprint density at radius 1 is 1.07 bits per heavy atom. The zero-order valence-corrected chi connectivity index (χ0v) is 16.5. The third kappa shape index (κ3) is 4.54. The van der Waals surface area contributed by atoms with Gasteiger partial charge in [-0.1, -0.05) is 11.6 Å². The SMILES string of the molecule is COC(=O)c1ccc(N2CCCCC2)c(S(=O)(=O)Nc2ccc(Cl)cc2)c1. The minimum Gasteiger partial charge on any atom is -0.465 e. The highest BCUT2D eigenvalue weighted by Crippen LogP contribution is 2.31. The summed E-state index contributed by atoms with van der Waals surface area (Å²) in [6.45, 7) is 1.56. The van der Waals surface area contributed by atoms with Crippen LogP contribution in [0.2, 0.25) is 5.02 Å². The molecule has 6 nitrogen and oxygen atoms in total. The summed E-state index contributed by atoms with van der Waals surface area (Å²) < 4.78 is 33.5. The molecule has 8 heteroatoms. The van der Waals surface area contributed by atoms with Crippen LogP contribution in [-0.4, -0.2) is 34.6 Å². The quantitative estimate of drug-likeness (QED) is 0.759. The molecule has 1 heterocycles. The van der Waals surface area contributed by atoms with Gasteiger partial charge in [0.2, 0.25) is 0 Å². The van der Waals surface area contributed by atoms with Gasteiger partial charge in [0.1, 0.15) is 4.90 Å². The molecule has 0 spiro atoms. The molecule has 0 atom stereocenters. The lowest BCUT2D eigenvalue weighted by molar-refractivity contribution is 0.0600. The molecular formula is C19H21ClN2O4S. The Labute approximate surface area is 164 Å². The van der Waals surface area contributed by atoms with Crippen molar-refractivity contribution < 1.29 is 17.9 Å². The van der Waals surface area contributed by atoms with Gasteiger partial charge in [0.05, 0.1) is 18.4 Å². The van der Waals surface area contributed by atoms with E-state index in [1.165, 1.54) is 13.2 Å². The van der Waals surface area contributed by atoms with E-state index in [0.717, 1.165) is 32.4 Å². The number of halogens is 1. The molecule has 0 unspecified atom stereocenters. The fourth-order valence-corrected chi connectivity index (χ4v) is 4.54. The van der Waals surface area contributed by atoms with Gasteiger partial charge in [0, 0.05) is 23.8 Å². The number of rotatable bonds is 5. The summed E-state index contributed by atoms with van der Waals surface area (Å²) in [4.78, 5) is 14.0. The molecule has 0 saturated carbocycles. The number of nitrogens with zero attached hydrogens (tertiary/aromatic N) is 1. The van der Waals surface area contributed by atoms with Crippen LogP contribution in [-0.2, 0) is 14.8 Å². The Kier molecular flexibility index (Phi) is 5.92. The molecule has 27 heavy (non-hydrogen) atoms. The van der Waals surface area contributed by atoms with Crippen LogP contribution in [0.5, 0.6) is 0 Å². The number of sulfonamides is 1. The molecular weight excluding hydrogens is 388 g/mol. The average Bonchev–Trinajstić information content (AvgIpc) is 2.69. The van der Waals surface area contributed by atoms with Gasteiger partial charge >= 0.3 is 5.97 Å². The molecule has 0 radical (unpaired) electrons. The number of piperidine rings is 1. The fraction of sp³-hybridized carbons (Fsp3) is 0.316. The van der Waals surface area contributed by atoms with Crippen LogP contribution < -0.4 is 9.62 Å². The number of carbonyl (C=O) groups excluding carboxylic acids is 1. The number of hydrogen-bond donors (Lipinski definition) is 1. The lowest BCUT2D eigenvalue weighted by Crippen LogP contribution is -2.31. The highest BCUT2D eigenvalue weighted by Gasteiger charge is 2.25. The third-order valence-corrected chi connectivity index (χ3v) is 6.13. The predicted molar refractivity (Wildman–Crippen MR) is 106 cm³/mol. The normalized spacial score (nSPS) is 14.7. The number of esters is 1. The first kappa shape index (κ1) is 19.5. The summed E-state index contributed by atoms with van der Waals surface area (Å²) in [7, 11) is -2.65. The summed E-state index contributed by atoms with van der Waals surface area (Å²) in [5.41, 5.74) is 1.17. The van der Waals surface area contributed by atoms with Crippen molar-refractivity contribution >= 4 is 39.0 Å². The first-order valence-electron chi connectivity index (χ1n) is 8.66. The molecule has 2 aromatic carbocycles. The van der Waals surface area contributed by atoms with Crippen molar-refractivity contribution in [3.05, 3.63) is 53.1 Å². The second-order valence-corrected chi connectivity index (χ2v) is 8.42. The van der Waals surface area contributed by atoms with Crippen molar-refractivity contribution in [3.63, 3.8) is 0 Å². The van der Waals surface area contributed by atoms with E-state index in [2.05, 4.69) is 4.72 Å². The number of hydrogen-bond acceptors (Lipinski definition) is 5. The first-order valence-corrected chi connectivity index (χ1v) is 10.5. The molecule has 3 rings (SSSR count). The van der Waals surface area contributed by atoms with Crippen molar-refractivity contribution in [1.29, 1.82) is 0 Å². The maximum absolute atomic E-state index is 13.1. The van der Waals surface area contributed by atoms with Crippen molar-refractivity contribution in [2.75, 3.05) is 29.8 Å². The summed E-state index contributed by atoms with van der Waals surface area (Å²) >= 11 is 5.86. The summed E-state index contributed by atoms with van der Waals surface area (Å²) in [5, 5.41) is 0.514. The van der Waals surface area contributed by atoms with Crippen LogP contribution in [0.1, 0.15) is 29.6 Å². The van der Waals surface area contributed by atoms with Crippen molar-refractivity contribution in [2.24, 2.45) is 0 Å². The van der Waals surface area contributed by atoms with Gasteiger partial charge in [-0.25, -0.2) is 13.2 Å². The van der Waals surface area contributed by atoms with E-state index in [1.807, 2.05) is 4.90 Å². The van der Waals surface area contributed by atoms with Gasteiger partial charge in [0.15, 0.2) is 0 Å². The van der Waals surface area contributed by atoms with E-state index in [4.69, 9.17) is 16.3 Å². The highest BCUT2D eigenvalue weighted by molar-refractivity contribution is 7.92. The predicted octanol–water partition coefficient (Wildman–Crippen LogP) is 3.92. The minimum atomic E-state index is -3.91. The van der Waals surface area contributed by atoms with Crippen LogP contribution >= 0.6 is 11.6 Å². The van der Waals surface area contributed by atoms with Crippen LogP contribution in [0.4, 0.5) is 11.4 Å². The molecule has 1 aliphatic rings. The van der Waals surface area contributed by atoms with Crippen LogP contribution in [0, 0.1) is 0 Å². The smallest absolute Gasteiger partial charge is 0.337 e. The van der Waals surface area contributed by atoms with Crippen LogP contribution in [0.15, 0.2) is 47.4 Å². The van der Waals surface area contributed by atoms with Gasteiger partial charge in [-0.3, -0.25) is 4.72 Å². The van der Waals surface area contributed by atoms with Gasteiger partial charge in [-0.2, -0.15) is 0 Å². The molecule has 1 fully saturated rings. The molecule has 0 aromatic heterocycles. The van der Waals surface area contributed by atoms with Gasteiger partial charge in [-0.05, 0) is 61.7 Å². The summed E-state index contributed by atoms with van der Waals surface area (Å²) in [5.74, 6) is -0.580. The Morgan fingerprint density at radius 3 is 2.37 bits per heavy atom. The largest absolute Gasteiger partial charge is 0.465 e. The first-order chi connectivity index (χ1) is 12.9. The van der Waals surface area contributed by atoms with Crippen LogP contribution in [0.25, 0.3) is 0 Å². The van der Waals surface area contributed by atoms with E-state index >= 15 is 0 Å². The van der Waals surface area contributed by atoms with E-state index < -0.39 is 16.0 Å². The number of benzene rings is 2. The number of anilines is 2. The molecule has 144 valence electrons. The lowest BCUT2D eigenvalue weighted by atomic mass is 10.1. The summed E-state index contributed by atoms with van der Waals surface area (Å²) in [6, 6.07) is 11.0. The fourth-order valence-electron chi connectivity index (χ4n) is 3.10. The summed E-state index contributed by atoms with van der Waals surface area (Å²) in [6.07, 6.45) is 3.13. The van der Waals surface area contributed by atoms with Gasteiger partial charge < -0.3 is 9.64 Å². The second-order valence-electron chi connectivity index (χ2n) is 6.33. The van der Waals surface area contributed by atoms with Crippen molar-refractivity contribution in [3.8, 4) is 0 Å². The molecule has 0 bridgehead atoms. The average molecular weight is 409 g/mol. The number of nitrogens with one attached hydrogen (secondary N) is 1. The van der Waals surface area contributed by atoms with Gasteiger partial charge in [0.25, 0.3) is 10.0 Å². The molecule has 0 aliphatic carbocycles. The monoisotopic (exact) mass is 408 g/mol. The Hall–Kier alpha value is -2.25. The zero-order valence-electron chi connectivity index (χ0n) is 14.9. The third-order valence-electron chi connectivity index (χ3n) is 4.46. The van der Waals surface area contributed by atoms with Gasteiger partial charge in [-0.15, -0.1) is 0 Å². The molecule has 1 N–H and O–H groups in total. The van der Waals surface area contributed by atoms with Crippen LogP contribution in [0.3, 0.4) is 0 Å². The van der Waals surface area contributed by atoms with E-state index in [0.29, 0.717) is 16.4 Å². The van der Waals surface area contributed by atoms with Crippen molar-refractivity contribution in [1.82, 2.24) is 0 Å². The maximum atomic E-state index is 13.1. The second kappa shape index (κ2) is 8.19. The topological polar surface area (TPSA) is 75.7 Å². The number of ether oxygens (including phenoxy) is 1. The number of methoxy groups -OCH3 is 1. The molecule has 1 aliphatic heterocycles. The molecule has 2 aromatic rings. The standard InChI is InChI=1S/C19H21ClN2O4S/c1-26-19(23)14-5-10-17(22-11-3-2-4-12-22)18(13-14)27(24,25)21-16-8-6-15(20)7-9-16/h5-10,13,21H,2-4,11-12H2,1H3. The maximum Gasteiger partial charge on any atom is 0.337 e. The van der Waals surface area contributed by atoms with Crippen molar-refractivity contribution in [2.45, 2.75) is 24.2 Å². The Morgan fingerprint density at radius 2 is 1.74 bits per heavy atom. The zero-order chi connectivity index (χ0) is 19.4. The molecule has 0 amide bonds. The molecule has 1 saturated heterocycles. The minimum absolute atomic E-state index is 0.0576. The lowest BCUT2D eigenvalue weighted by Gasteiger charge is -2.30. The van der Waals surface area contributed by atoms with E-state index in [-0.39, 0.29) is 10.5 Å². The Bertz CT molecular complexity index is 923. The highest BCUT2D eigenvalue weighted by atomic mass is 35.5. The Balaban J connectivity index is 2.03. The van der Waals surface area contributed by atoms with E-state index in [9.17, 15) is 13.2 Å². The number of carbonyl (C=O) groups is 1.